The fraction of sp³-hybridized carbons (Fsp3) is 0.727. The molecule has 2 aliphatic rings. The molecule has 1 aromatic rings. The lowest BCUT2D eigenvalue weighted by Gasteiger charge is -2.25. The van der Waals surface area contributed by atoms with E-state index < -0.39 is 11.4 Å². The number of hydrogen-bond donors (Lipinski definition) is 1. The summed E-state index contributed by atoms with van der Waals surface area (Å²) in [6.45, 7) is 0. The van der Waals surface area contributed by atoms with E-state index >= 15 is 0 Å². The molecule has 2 unspecified atom stereocenters. The average molecular weight is 221 g/mol. The number of aromatic nitrogens is 3. The zero-order valence-electron chi connectivity index (χ0n) is 9.26. The van der Waals surface area contributed by atoms with Gasteiger partial charge in [0.15, 0.2) is 0 Å². The molecule has 0 amide bonds. The first-order chi connectivity index (χ1) is 7.61. The summed E-state index contributed by atoms with van der Waals surface area (Å²) in [6, 6.07) is 0. The van der Waals surface area contributed by atoms with Crippen molar-refractivity contribution in [3.8, 4) is 0 Å². The molecule has 0 aliphatic heterocycles. The molecule has 2 aliphatic carbocycles. The maximum Gasteiger partial charge on any atom is 0.310 e. The zero-order valence-corrected chi connectivity index (χ0v) is 9.26. The molecule has 2 atom stereocenters. The molecular formula is C11H15N3O2. The van der Waals surface area contributed by atoms with Crippen LogP contribution < -0.4 is 0 Å². The van der Waals surface area contributed by atoms with Crippen LogP contribution in [-0.2, 0) is 18.3 Å². The Morgan fingerprint density at radius 3 is 2.81 bits per heavy atom. The molecule has 0 aromatic carbocycles. The number of fused-ring (bicyclic) bond motifs is 1. The van der Waals surface area contributed by atoms with E-state index in [0.717, 1.165) is 18.7 Å². The molecule has 16 heavy (non-hydrogen) atoms. The van der Waals surface area contributed by atoms with E-state index in [4.69, 9.17) is 0 Å². The summed E-state index contributed by atoms with van der Waals surface area (Å²) in [6.07, 6.45) is 4.87. The van der Waals surface area contributed by atoms with Crippen molar-refractivity contribution in [3.63, 3.8) is 0 Å². The highest BCUT2D eigenvalue weighted by Gasteiger charge is 2.57. The summed E-state index contributed by atoms with van der Waals surface area (Å²) < 4.78 is 1.68. The molecular weight excluding hydrogens is 206 g/mol. The van der Waals surface area contributed by atoms with Gasteiger partial charge in [-0.05, 0) is 31.1 Å². The van der Waals surface area contributed by atoms with E-state index in [-0.39, 0.29) is 0 Å². The van der Waals surface area contributed by atoms with E-state index in [1.54, 1.807) is 4.68 Å². The summed E-state index contributed by atoms with van der Waals surface area (Å²) in [5, 5.41) is 13.4. The normalized spacial score (nSPS) is 36.1. The van der Waals surface area contributed by atoms with Crippen molar-refractivity contribution in [2.75, 3.05) is 0 Å². The van der Waals surface area contributed by atoms with Gasteiger partial charge in [0.25, 0.3) is 0 Å². The SMILES string of the molecule is Cn1ncnc1CC1(C(=O)O)CC2CC2C1. The number of carbonyl (C=O) groups is 1. The second-order valence-corrected chi connectivity index (χ2v) is 5.23. The third-order valence-corrected chi connectivity index (χ3v) is 4.13. The van der Waals surface area contributed by atoms with Crippen LogP contribution in [0, 0.1) is 17.3 Å². The Morgan fingerprint density at radius 1 is 1.62 bits per heavy atom. The minimum Gasteiger partial charge on any atom is -0.481 e. The molecule has 5 heteroatoms. The number of aliphatic carboxylic acids is 1. The molecule has 1 heterocycles. The summed E-state index contributed by atoms with van der Waals surface area (Å²) in [4.78, 5) is 15.6. The predicted octanol–water partition coefficient (Wildman–Crippen LogP) is 0.858. The Labute approximate surface area is 93.5 Å². The van der Waals surface area contributed by atoms with Gasteiger partial charge in [-0.1, -0.05) is 0 Å². The minimum atomic E-state index is -0.664. The standard InChI is InChI=1S/C11H15N3O2/c1-14-9(12-6-13-14)5-11(10(15)16)3-7-2-8(7)4-11/h6-8H,2-5H2,1H3,(H,15,16). The summed E-state index contributed by atoms with van der Waals surface area (Å²) in [7, 11) is 1.81. The maximum atomic E-state index is 11.5. The van der Waals surface area contributed by atoms with Crippen LogP contribution in [0.25, 0.3) is 0 Å². The van der Waals surface area contributed by atoms with Crippen LogP contribution in [0.1, 0.15) is 25.1 Å². The lowest BCUT2D eigenvalue weighted by atomic mass is 9.79. The smallest absolute Gasteiger partial charge is 0.310 e. The topological polar surface area (TPSA) is 68.0 Å². The first-order valence-electron chi connectivity index (χ1n) is 5.67. The van der Waals surface area contributed by atoms with E-state index in [0.29, 0.717) is 18.3 Å². The number of hydrogen-bond acceptors (Lipinski definition) is 3. The van der Waals surface area contributed by atoms with Crippen molar-refractivity contribution in [2.24, 2.45) is 24.3 Å². The molecule has 1 aromatic heterocycles. The maximum absolute atomic E-state index is 11.5. The summed E-state index contributed by atoms with van der Waals surface area (Å²) >= 11 is 0. The molecule has 0 radical (unpaired) electrons. The van der Waals surface area contributed by atoms with Crippen LogP contribution in [0.5, 0.6) is 0 Å². The van der Waals surface area contributed by atoms with Crippen LogP contribution in [0.3, 0.4) is 0 Å². The van der Waals surface area contributed by atoms with Crippen molar-refractivity contribution in [2.45, 2.75) is 25.7 Å². The van der Waals surface area contributed by atoms with Gasteiger partial charge in [0.2, 0.25) is 0 Å². The van der Waals surface area contributed by atoms with Crippen LogP contribution in [0.15, 0.2) is 6.33 Å². The highest BCUT2D eigenvalue weighted by atomic mass is 16.4. The quantitative estimate of drug-likeness (QED) is 0.822. The molecule has 2 saturated carbocycles. The van der Waals surface area contributed by atoms with Gasteiger partial charge in [-0.2, -0.15) is 5.10 Å². The average Bonchev–Trinajstić information content (AvgIpc) is 2.66. The van der Waals surface area contributed by atoms with Gasteiger partial charge in [-0.25, -0.2) is 4.98 Å². The fourth-order valence-corrected chi connectivity index (χ4v) is 3.07. The molecule has 0 bridgehead atoms. The van der Waals surface area contributed by atoms with E-state index in [2.05, 4.69) is 10.1 Å². The Kier molecular flexibility index (Phi) is 1.87. The van der Waals surface area contributed by atoms with Gasteiger partial charge in [0.05, 0.1) is 5.41 Å². The van der Waals surface area contributed by atoms with Crippen LogP contribution in [0.4, 0.5) is 0 Å². The number of rotatable bonds is 3. The second kappa shape index (κ2) is 3.06. The fourth-order valence-electron chi connectivity index (χ4n) is 3.07. The predicted molar refractivity (Wildman–Crippen MR) is 55.6 cm³/mol. The Balaban J connectivity index is 1.85. The number of nitrogens with zero attached hydrogens (tertiary/aromatic N) is 3. The molecule has 5 nitrogen and oxygen atoms in total. The third-order valence-electron chi connectivity index (χ3n) is 4.13. The Bertz CT molecular complexity index is 430. The van der Waals surface area contributed by atoms with Gasteiger partial charge in [0.1, 0.15) is 12.2 Å². The molecule has 0 spiro atoms. The van der Waals surface area contributed by atoms with Gasteiger partial charge in [-0.3, -0.25) is 9.48 Å². The number of carboxylic acids is 1. The highest BCUT2D eigenvalue weighted by Crippen LogP contribution is 2.60. The lowest BCUT2D eigenvalue weighted by molar-refractivity contribution is -0.149. The van der Waals surface area contributed by atoms with Gasteiger partial charge in [0, 0.05) is 13.5 Å². The van der Waals surface area contributed by atoms with Crippen molar-refractivity contribution >= 4 is 5.97 Å². The highest BCUT2D eigenvalue weighted by molar-refractivity contribution is 5.75. The number of carboxylic acid groups (broad SMARTS) is 1. The molecule has 0 saturated heterocycles. The van der Waals surface area contributed by atoms with Crippen molar-refractivity contribution < 1.29 is 9.90 Å². The molecule has 3 rings (SSSR count). The summed E-state index contributed by atoms with van der Waals surface area (Å²) in [5.41, 5.74) is -0.575. The van der Waals surface area contributed by atoms with Crippen LogP contribution in [-0.4, -0.2) is 25.8 Å². The first kappa shape index (κ1) is 9.81. The lowest BCUT2D eigenvalue weighted by Crippen LogP contribution is -2.33. The largest absolute Gasteiger partial charge is 0.481 e. The van der Waals surface area contributed by atoms with E-state index in [1.165, 1.54) is 12.7 Å². The first-order valence-corrected chi connectivity index (χ1v) is 5.67. The second-order valence-electron chi connectivity index (χ2n) is 5.23. The van der Waals surface area contributed by atoms with Gasteiger partial charge < -0.3 is 5.11 Å². The summed E-state index contributed by atoms with van der Waals surface area (Å²) in [5.74, 6) is 1.43. The molecule has 86 valence electrons. The number of aryl methyl sites for hydroxylation is 1. The van der Waals surface area contributed by atoms with Crippen molar-refractivity contribution in [1.29, 1.82) is 0 Å². The van der Waals surface area contributed by atoms with Crippen LogP contribution >= 0.6 is 0 Å². The molecule has 2 fully saturated rings. The van der Waals surface area contributed by atoms with Crippen LogP contribution in [0.2, 0.25) is 0 Å². The monoisotopic (exact) mass is 221 g/mol. The minimum absolute atomic E-state index is 0.520. The Morgan fingerprint density at radius 2 is 2.31 bits per heavy atom. The van der Waals surface area contributed by atoms with E-state index in [1.807, 2.05) is 7.05 Å². The van der Waals surface area contributed by atoms with E-state index in [9.17, 15) is 9.90 Å². The van der Waals surface area contributed by atoms with Gasteiger partial charge >= 0.3 is 5.97 Å². The Hall–Kier alpha value is -1.39. The van der Waals surface area contributed by atoms with Crippen molar-refractivity contribution in [3.05, 3.63) is 12.2 Å². The van der Waals surface area contributed by atoms with Crippen molar-refractivity contribution in [1.82, 2.24) is 14.8 Å². The zero-order chi connectivity index (χ0) is 11.3. The molecule has 1 N–H and O–H groups in total. The third kappa shape index (κ3) is 1.34. The van der Waals surface area contributed by atoms with Gasteiger partial charge in [-0.15, -0.1) is 0 Å².